The van der Waals surface area contributed by atoms with Gasteiger partial charge in [-0.3, -0.25) is 0 Å². The maximum Gasteiger partial charge on any atom is 0.573 e. The zero-order valence-corrected chi connectivity index (χ0v) is 25.5. The molecule has 2 heterocycles. The summed E-state index contributed by atoms with van der Waals surface area (Å²) >= 11 is 0. The zero-order valence-electron chi connectivity index (χ0n) is 24.7. The Bertz CT molecular complexity index is 1130. The van der Waals surface area contributed by atoms with E-state index in [1.807, 2.05) is 20.8 Å². The van der Waals surface area contributed by atoms with Crippen molar-refractivity contribution in [1.82, 2.24) is 4.90 Å². The molecule has 2 aromatic rings. The highest BCUT2D eigenvalue weighted by atomic mass is 35.5. The van der Waals surface area contributed by atoms with Crippen molar-refractivity contribution in [3.05, 3.63) is 48.5 Å². The molecule has 0 spiro atoms. The predicted octanol–water partition coefficient (Wildman–Crippen LogP) is 3.12. The Kier molecular flexibility index (Phi) is 13.6. The number of nitrogens with one attached hydrogen (secondary N) is 2. The highest BCUT2D eigenvalue weighted by Gasteiger charge is 2.32. The van der Waals surface area contributed by atoms with Gasteiger partial charge in [0.05, 0.1) is 13.1 Å². The molecule has 0 atom stereocenters. The van der Waals surface area contributed by atoms with Gasteiger partial charge in [0.25, 0.3) is 0 Å². The molecular weight excluding hydrogens is 618 g/mol. The summed E-state index contributed by atoms with van der Waals surface area (Å²) in [6.07, 6.45) is -6.03. The molecule has 2 saturated heterocycles. The van der Waals surface area contributed by atoms with Crippen LogP contribution in [0.1, 0.15) is 46.5 Å². The summed E-state index contributed by atoms with van der Waals surface area (Å²) in [4.78, 5) is 13.7. The van der Waals surface area contributed by atoms with Crippen LogP contribution in [0.4, 0.5) is 42.5 Å². The topological polar surface area (TPSA) is 88.7 Å². The van der Waals surface area contributed by atoms with Crippen molar-refractivity contribution >= 4 is 17.5 Å². The van der Waals surface area contributed by atoms with Crippen LogP contribution in [-0.2, 0) is 4.74 Å². The van der Waals surface area contributed by atoms with E-state index in [4.69, 9.17) is 4.74 Å². The van der Waals surface area contributed by atoms with Crippen LogP contribution in [0.5, 0.6) is 11.5 Å². The van der Waals surface area contributed by atoms with Gasteiger partial charge in [-0.15, -0.1) is 26.3 Å². The van der Waals surface area contributed by atoms with E-state index in [1.165, 1.54) is 24.3 Å². The molecule has 0 aliphatic carbocycles. The first-order chi connectivity index (χ1) is 20.0. The summed E-state index contributed by atoms with van der Waals surface area (Å²) in [6, 6.07) is 12.0. The van der Waals surface area contributed by atoms with Crippen molar-refractivity contribution in [1.29, 1.82) is 0 Å². The van der Waals surface area contributed by atoms with Crippen molar-refractivity contribution in [2.45, 2.75) is 76.9 Å². The monoisotopic (exact) mass is 656 g/mol. The van der Waals surface area contributed by atoms with Crippen molar-refractivity contribution in [2.75, 3.05) is 36.8 Å². The van der Waals surface area contributed by atoms with Crippen LogP contribution in [0.2, 0.25) is 0 Å². The fourth-order valence-electron chi connectivity index (χ4n) is 4.58. The van der Waals surface area contributed by atoms with Gasteiger partial charge >= 0.3 is 18.8 Å². The van der Waals surface area contributed by atoms with E-state index in [1.54, 1.807) is 29.2 Å². The lowest BCUT2D eigenvalue weighted by Gasteiger charge is -2.34. The number of benzene rings is 2. The molecule has 1 amide bonds. The maximum atomic E-state index is 12.1. The Morgan fingerprint density at radius 2 is 1.11 bits per heavy atom. The second-order valence-corrected chi connectivity index (χ2v) is 11.3. The molecule has 8 nitrogen and oxygen atoms in total. The van der Waals surface area contributed by atoms with E-state index < -0.39 is 18.3 Å². The van der Waals surface area contributed by atoms with Gasteiger partial charge in [-0.25, -0.2) is 4.79 Å². The van der Waals surface area contributed by atoms with Crippen LogP contribution < -0.4 is 37.8 Å². The summed E-state index contributed by atoms with van der Waals surface area (Å²) in [7, 11) is 0. The first-order valence-electron chi connectivity index (χ1n) is 14.1. The maximum absolute atomic E-state index is 12.1. The highest BCUT2D eigenvalue weighted by molar-refractivity contribution is 5.68. The third-order valence-corrected chi connectivity index (χ3v) is 6.50. The van der Waals surface area contributed by atoms with E-state index in [2.05, 4.69) is 25.4 Å². The number of hydrogen-bond acceptors (Lipinski definition) is 6. The first-order valence-corrected chi connectivity index (χ1v) is 14.1. The molecule has 15 heteroatoms. The SMILES string of the molecule is CC(C)(C)OC(=O)N1CCC(Nc2ccc(OC(F)(F)F)cc2)CC1.FC(F)(F)Oc1ccc(NC2CC[NH2+]CC2)cc1.[Cl-]. The summed E-state index contributed by atoms with van der Waals surface area (Å²) in [6.45, 7) is 8.80. The van der Waals surface area contributed by atoms with E-state index >= 15 is 0 Å². The van der Waals surface area contributed by atoms with Crippen LogP contribution >= 0.6 is 0 Å². The van der Waals surface area contributed by atoms with Gasteiger partial charge in [0, 0.05) is 49.4 Å². The van der Waals surface area contributed by atoms with Gasteiger partial charge in [0.15, 0.2) is 0 Å². The van der Waals surface area contributed by atoms with Crippen LogP contribution in [0.15, 0.2) is 48.5 Å². The number of hydrogen-bond donors (Lipinski definition) is 3. The molecule has 0 unspecified atom stereocenters. The van der Waals surface area contributed by atoms with Crippen molar-refractivity contribution in [2.24, 2.45) is 0 Å². The van der Waals surface area contributed by atoms with Gasteiger partial charge in [-0.1, -0.05) is 0 Å². The molecule has 4 N–H and O–H groups in total. The van der Waals surface area contributed by atoms with Crippen LogP contribution in [0.25, 0.3) is 0 Å². The van der Waals surface area contributed by atoms with Crippen molar-refractivity contribution in [3.63, 3.8) is 0 Å². The number of carbonyl (C=O) groups is 1. The van der Waals surface area contributed by atoms with Gasteiger partial charge in [-0.2, -0.15) is 0 Å². The zero-order chi connectivity index (χ0) is 31.7. The number of carbonyl (C=O) groups excluding carboxylic acids is 1. The number of anilines is 2. The molecule has 2 aromatic carbocycles. The van der Waals surface area contributed by atoms with Crippen molar-refractivity contribution in [3.8, 4) is 11.5 Å². The quantitative estimate of drug-likeness (QED) is 0.415. The third kappa shape index (κ3) is 14.5. The average Bonchev–Trinajstić information content (AvgIpc) is 2.90. The largest absolute Gasteiger partial charge is 1.00 e. The van der Waals surface area contributed by atoms with Crippen LogP contribution in [0, 0.1) is 0 Å². The number of nitrogens with zero attached hydrogens (tertiary/aromatic N) is 1. The molecular formula is C29H39ClF6N4O4. The van der Waals surface area contributed by atoms with E-state index in [-0.39, 0.29) is 36.0 Å². The Morgan fingerprint density at radius 3 is 1.48 bits per heavy atom. The molecule has 4 rings (SSSR count). The van der Waals surface area contributed by atoms with E-state index in [0.29, 0.717) is 24.8 Å². The summed E-state index contributed by atoms with van der Waals surface area (Å²) < 4.78 is 85.3. The highest BCUT2D eigenvalue weighted by Crippen LogP contribution is 2.26. The molecule has 2 aliphatic heterocycles. The number of quaternary nitrogens is 1. The lowest BCUT2D eigenvalue weighted by atomic mass is 10.0. The predicted molar refractivity (Wildman–Crippen MR) is 149 cm³/mol. The molecule has 2 aliphatic rings. The number of rotatable bonds is 6. The van der Waals surface area contributed by atoms with Crippen LogP contribution in [-0.4, -0.2) is 67.6 Å². The summed E-state index contributed by atoms with van der Waals surface area (Å²) in [5.74, 6) is -0.442. The Hall–Kier alpha value is -3.26. The Morgan fingerprint density at radius 1 is 0.727 bits per heavy atom. The number of halogens is 7. The number of piperidine rings is 2. The minimum Gasteiger partial charge on any atom is -1.00 e. The Labute approximate surface area is 259 Å². The average molecular weight is 657 g/mol. The molecule has 44 heavy (non-hydrogen) atoms. The second kappa shape index (κ2) is 16.2. The number of likely N-dealkylation sites (tertiary alicyclic amines) is 1. The molecule has 248 valence electrons. The lowest BCUT2D eigenvalue weighted by molar-refractivity contribution is -0.662. The number of alkyl halides is 6. The smallest absolute Gasteiger partial charge is 0.573 e. The minimum atomic E-state index is -4.69. The summed E-state index contributed by atoms with van der Waals surface area (Å²) in [5, 5.41) is 8.84. The fraction of sp³-hybridized carbons (Fsp3) is 0.552. The minimum absolute atomic E-state index is 0. The lowest BCUT2D eigenvalue weighted by Crippen LogP contribution is -3.00. The van der Waals surface area contributed by atoms with Crippen molar-refractivity contribution < 1.29 is 63.1 Å². The molecule has 2 fully saturated rings. The fourth-order valence-corrected chi connectivity index (χ4v) is 4.58. The standard InChI is InChI=1S/C17H23F3N2O3.C12H15F3N2O.ClH/c1-16(2,3)25-15(23)22-10-8-13(9-11-22)21-12-4-6-14(7-5-12)24-17(18,19)20;13-12(14,15)18-11-3-1-9(2-4-11)17-10-5-7-16-8-6-10;/h4-7,13,21H,8-11H2,1-3H3;1-4,10,16-17H,5-8H2;1H. The molecule has 0 bridgehead atoms. The van der Waals surface area contributed by atoms with Gasteiger partial charge in [0.1, 0.15) is 17.1 Å². The second-order valence-electron chi connectivity index (χ2n) is 11.3. The van der Waals surface area contributed by atoms with Gasteiger partial charge in [-0.05, 0) is 82.1 Å². The normalized spacial score (nSPS) is 16.5. The first kappa shape index (κ1) is 36.9. The van der Waals surface area contributed by atoms with Gasteiger partial charge < -0.3 is 47.5 Å². The number of nitrogens with two attached hydrogens (primary N) is 1. The molecule has 0 aromatic heterocycles. The Balaban J connectivity index is 0.000000315. The number of amides is 1. The third-order valence-electron chi connectivity index (χ3n) is 6.50. The molecule has 0 radical (unpaired) electrons. The molecule has 0 saturated carbocycles. The summed E-state index contributed by atoms with van der Waals surface area (Å²) in [5.41, 5.74) is 1.02. The number of ether oxygens (including phenoxy) is 3. The van der Waals surface area contributed by atoms with Gasteiger partial charge in [0.2, 0.25) is 0 Å². The van der Waals surface area contributed by atoms with E-state index in [9.17, 15) is 31.1 Å². The van der Waals surface area contributed by atoms with E-state index in [0.717, 1.165) is 44.5 Å². The van der Waals surface area contributed by atoms with Crippen LogP contribution in [0.3, 0.4) is 0 Å².